The summed E-state index contributed by atoms with van der Waals surface area (Å²) in [5.74, 6) is 1.55. The number of nitrogens with zero attached hydrogens (tertiary/aromatic N) is 2. The second-order valence-electron chi connectivity index (χ2n) is 7.04. The molecule has 0 atom stereocenters. The number of nitrogens with two attached hydrogens (primary N) is 1. The van der Waals surface area contributed by atoms with Gasteiger partial charge >= 0.3 is 0 Å². The summed E-state index contributed by atoms with van der Waals surface area (Å²) < 4.78 is 11.6. The van der Waals surface area contributed by atoms with Crippen molar-refractivity contribution in [2.45, 2.75) is 34.1 Å². The summed E-state index contributed by atoms with van der Waals surface area (Å²) in [6.07, 6.45) is 0.944. The van der Waals surface area contributed by atoms with E-state index in [0.717, 1.165) is 36.2 Å². The summed E-state index contributed by atoms with van der Waals surface area (Å²) in [6, 6.07) is 11.8. The first-order chi connectivity index (χ1) is 13.8. The zero-order chi connectivity index (χ0) is 21.4. The molecule has 0 amide bonds. The zero-order valence-electron chi connectivity index (χ0n) is 18.0. The summed E-state index contributed by atoms with van der Waals surface area (Å²) in [5.41, 5.74) is 10.4. The van der Waals surface area contributed by atoms with Gasteiger partial charge in [0.05, 0.1) is 6.61 Å². The predicted octanol–water partition coefficient (Wildman–Crippen LogP) is 4.27. The van der Waals surface area contributed by atoms with Crippen molar-refractivity contribution in [1.29, 1.82) is 0 Å². The number of aliphatic imine (C=N–C) groups is 1. The van der Waals surface area contributed by atoms with Crippen molar-refractivity contribution in [2.24, 2.45) is 10.7 Å². The summed E-state index contributed by atoms with van der Waals surface area (Å²) in [5, 5.41) is 0.0573. The lowest BCUT2D eigenvalue weighted by Gasteiger charge is -2.17. The Hall–Kier alpha value is -2.44. The fourth-order valence-corrected chi connectivity index (χ4v) is 2.98. The Morgan fingerprint density at radius 3 is 2.41 bits per heavy atom. The minimum absolute atomic E-state index is 0.0573. The van der Waals surface area contributed by atoms with Crippen LogP contribution in [0.1, 0.15) is 36.1 Å². The van der Waals surface area contributed by atoms with Gasteiger partial charge in [-0.25, -0.2) is 0 Å². The van der Waals surface area contributed by atoms with Crippen LogP contribution in [0.25, 0.3) is 0 Å². The lowest BCUT2D eigenvalue weighted by Crippen LogP contribution is -2.20. The van der Waals surface area contributed by atoms with E-state index in [1.54, 1.807) is 0 Å². The molecule has 0 heterocycles. The van der Waals surface area contributed by atoms with Gasteiger partial charge < -0.3 is 20.1 Å². The SMILES string of the molecule is CCOc1cc(CCN(C)CC)c(C)cc1OC(=S)/N=C(\N)c1ccc(C)cc1. The maximum absolute atomic E-state index is 6.08. The maximum Gasteiger partial charge on any atom is 0.291 e. The van der Waals surface area contributed by atoms with Crippen LogP contribution >= 0.6 is 12.2 Å². The Morgan fingerprint density at radius 1 is 1.10 bits per heavy atom. The molecule has 0 saturated heterocycles. The van der Waals surface area contributed by atoms with Gasteiger partial charge in [-0.1, -0.05) is 36.8 Å². The fraction of sp³-hybridized carbons (Fsp3) is 0.391. The summed E-state index contributed by atoms with van der Waals surface area (Å²) in [7, 11) is 2.12. The third-order valence-electron chi connectivity index (χ3n) is 4.76. The van der Waals surface area contributed by atoms with E-state index >= 15 is 0 Å². The molecular weight excluding hydrogens is 382 g/mol. The standard InChI is InChI=1S/C23H31N3O2S/c1-6-26(5)13-12-19-15-20(27-7-2)21(14-17(19)4)28-23(29)25-22(24)18-10-8-16(3)9-11-18/h8-11,14-15H,6-7,12-13H2,1-5H3,(H2,24,25,29). The number of hydrogen-bond acceptors (Lipinski definition) is 4. The first-order valence-corrected chi connectivity index (χ1v) is 10.3. The number of hydrogen-bond donors (Lipinski definition) is 1. The third kappa shape index (κ3) is 6.84. The molecule has 2 rings (SSSR count). The molecule has 2 N–H and O–H groups in total. The second-order valence-corrected chi connectivity index (χ2v) is 7.38. The molecule has 0 aliphatic heterocycles. The van der Waals surface area contributed by atoms with Crippen molar-refractivity contribution in [3.05, 3.63) is 58.7 Å². The predicted molar refractivity (Wildman–Crippen MR) is 124 cm³/mol. The van der Waals surface area contributed by atoms with Gasteiger partial charge in [0.1, 0.15) is 5.84 Å². The number of rotatable bonds is 8. The highest BCUT2D eigenvalue weighted by atomic mass is 32.1. The van der Waals surface area contributed by atoms with Gasteiger partial charge in [0.15, 0.2) is 11.5 Å². The highest BCUT2D eigenvalue weighted by molar-refractivity contribution is 7.80. The van der Waals surface area contributed by atoms with Crippen molar-refractivity contribution >= 4 is 23.2 Å². The molecule has 0 spiro atoms. The molecule has 0 saturated carbocycles. The van der Waals surface area contributed by atoms with Crippen LogP contribution < -0.4 is 15.2 Å². The van der Waals surface area contributed by atoms with E-state index in [0.29, 0.717) is 23.9 Å². The number of benzene rings is 2. The van der Waals surface area contributed by atoms with E-state index in [1.165, 1.54) is 5.56 Å². The lowest BCUT2D eigenvalue weighted by molar-refractivity contribution is 0.325. The monoisotopic (exact) mass is 413 g/mol. The number of aryl methyl sites for hydroxylation is 2. The minimum Gasteiger partial charge on any atom is -0.490 e. The van der Waals surface area contributed by atoms with Crippen LogP contribution in [0.15, 0.2) is 41.4 Å². The second kappa shape index (κ2) is 10.9. The minimum atomic E-state index is 0.0573. The van der Waals surface area contributed by atoms with Crippen LogP contribution in [-0.2, 0) is 6.42 Å². The van der Waals surface area contributed by atoms with E-state index in [2.05, 4.69) is 30.8 Å². The molecular formula is C23H31N3O2S. The summed E-state index contributed by atoms with van der Waals surface area (Å²) in [6.45, 7) is 10.7. The average Bonchev–Trinajstić information content (AvgIpc) is 2.69. The first kappa shape index (κ1) is 22.8. The number of ether oxygens (including phenoxy) is 2. The molecule has 2 aromatic rings. The van der Waals surface area contributed by atoms with Crippen LogP contribution in [0.2, 0.25) is 0 Å². The van der Waals surface area contributed by atoms with Crippen molar-refractivity contribution < 1.29 is 9.47 Å². The summed E-state index contributed by atoms with van der Waals surface area (Å²) >= 11 is 5.31. The van der Waals surface area contributed by atoms with Crippen LogP contribution in [0, 0.1) is 13.8 Å². The fourth-order valence-electron chi connectivity index (χ4n) is 2.79. The van der Waals surface area contributed by atoms with E-state index < -0.39 is 0 Å². The van der Waals surface area contributed by atoms with E-state index in [4.69, 9.17) is 27.4 Å². The van der Waals surface area contributed by atoms with Gasteiger partial charge in [0.25, 0.3) is 5.17 Å². The highest BCUT2D eigenvalue weighted by Crippen LogP contribution is 2.31. The van der Waals surface area contributed by atoms with Crippen molar-refractivity contribution in [3.63, 3.8) is 0 Å². The topological polar surface area (TPSA) is 60.1 Å². The Labute approximate surface area is 179 Å². The number of amidine groups is 1. The van der Waals surface area contributed by atoms with Gasteiger partial charge in [-0.2, -0.15) is 4.99 Å². The van der Waals surface area contributed by atoms with Crippen molar-refractivity contribution in [2.75, 3.05) is 26.7 Å². The smallest absolute Gasteiger partial charge is 0.291 e. The molecule has 0 bridgehead atoms. The van der Waals surface area contributed by atoms with Gasteiger partial charge in [-0.3, -0.25) is 0 Å². The average molecular weight is 414 g/mol. The molecule has 0 aromatic heterocycles. The zero-order valence-corrected chi connectivity index (χ0v) is 18.8. The van der Waals surface area contributed by atoms with Crippen molar-refractivity contribution in [3.8, 4) is 11.5 Å². The normalized spacial score (nSPS) is 11.6. The Bertz CT molecular complexity index is 863. The molecule has 156 valence electrons. The van der Waals surface area contributed by atoms with Crippen LogP contribution in [-0.4, -0.2) is 42.7 Å². The molecule has 0 fully saturated rings. The molecule has 29 heavy (non-hydrogen) atoms. The van der Waals surface area contributed by atoms with Crippen LogP contribution in [0.4, 0.5) is 0 Å². The van der Waals surface area contributed by atoms with Crippen LogP contribution in [0.5, 0.6) is 11.5 Å². The third-order valence-corrected chi connectivity index (χ3v) is 4.94. The molecule has 6 heteroatoms. The van der Waals surface area contributed by atoms with Crippen molar-refractivity contribution in [1.82, 2.24) is 4.90 Å². The first-order valence-electron chi connectivity index (χ1n) is 9.91. The Kier molecular flexibility index (Phi) is 8.61. The highest BCUT2D eigenvalue weighted by Gasteiger charge is 2.13. The Morgan fingerprint density at radius 2 is 1.79 bits per heavy atom. The number of thiocarbonyl (C=S) groups is 1. The number of likely N-dealkylation sites (N-methyl/N-ethyl adjacent to an activating group) is 1. The van der Waals surface area contributed by atoms with Gasteiger partial charge in [0, 0.05) is 12.1 Å². The molecule has 0 unspecified atom stereocenters. The quantitative estimate of drug-likeness (QED) is 0.398. The van der Waals surface area contributed by atoms with Crippen LogP contribution in [0.3, 0.4) is 0 Å². The van der Waals surface area contributed by atoms with E-state index in [-0.39, 0.29) is 5.17 Å². The molecule has 0 radical (unpaired) electrons. The molecule has 0 aliphatic rings. The van der Waals surface area contributed by atoms with E-state index in [1.807, 2.05) is 50.2 Å². The van der Waals surface area contributed by atoms with Gasteiger partial charge in [-0.05, 0) is 76.3 Å². The largest absolute Gasteiger partial charge is 0.490 e. The van der Waals surface area contributed by atoms with E-state index in [9.17, 15) is 0 Å². The molecule has 2 aromatic carbocycles. The molecule has 0 aliphatic carbocycles. The van der Waals surface area contributed by atoms with Gasteiger partial charge in [0.2, 0.25) is 0 Å². The Balaban J connectivity index is 2.19. The maximum atomic E-state index is 6.08. The van der Waals surface area contributed by atoms with Gasteiger partial charge in [-0.15, -0.1) is 0 Å². The summed E-state index contributed by atoms with van der Waals surface area (Å²) in [4.78, 5) is 6.52. The molecule has 5 nitrogen and oxygen atoms in total. The lowest BCUT2D eigenvalue weighted by atomic mass is 10.0.